The number of aryl methyl sites for hydroxylation is 1. The van der Waals surface area contributed by atoms with Crippen molar-refractivity contribution in [1.82, 2.24) is 19.8 Å². The average Bonchev–Trinajstić information content (AvgIpc) is 2.68. The quantitative estimate of drug-likeness (QED) is 0.836. The highest BCUT2D eigenvalue weighted by Gasteiger charge is 2.23. The summed E-state index contributed by atoms with van der Waals surface area (Å²) >= 11 is 0. The van der Waals surface area contributed by atoms with Gasteiger partial charge in [-0.3, -0.25) is 9.69 Å². The van der Waals surface area contributed by atoms with Crippen molar-refractivity contribution in [3.8, 4) is 0 Å². The van der Waals surface area contributed by atoms with Gasteiger partial charge in [0.25, 0.3) is 5.91 Å². The largest absolute Gasteiger partial charge is 0.368 e. The maximum Gasteiger partial charge on any atom is 0.272 e. The molecule has 0 spiro atoms. The summed E-state index contributed by atoms with van der Waals surface area (Å²) in [6.07, 6.45) is 4.33. The summed E-state index contributed by atoms with van der Waals surface area (Å²) < 4.78 is 0. The van der Waals surface area contributed by atoms with E-state index in [0.29, 0.717) is 30.4 Å². The van der Waals surface area contributed by atoms with Crippen LogP contribution in [0.3, 0.4) is 0 Å². The number of carbonyl (C=O) groups is 1. The Labute approximate surface area is 167 Å². The average molecular weight is 380 g/mol. The second-order valence-corrected chi connectivity index (χ2v) is 7.39. The van der Waals surface area contributed by atoms with E-state index < -0.39 is 0 Å². The third-order valence-electron chi connectivity index (χ3n) is 4.63. The van der Waals surface area contributed by atoms with Crippen molar-refractivity contribution in [2.24, 2.45) is 0 Å². The van der Waals surface area contributed by atoms with E-state index in [4.69, 9.17) is 0 Å². The van der Waals surface area contributed by atoms with Crippen molar-refractivity contribution in [1.29, 1.82) is 0 Å². The van der Waals surface area contributed by atoms with Gasteiger partial charge in [-0.1, -0.05) is 42.5 Å². The van der Waals surface area contributed by atoms with Gasteiger partial charge in [-0.15, -0.1) is 0 Å². The Bertz CT molecular complexity index is 811. The summed E-state index contributed by atoms with van der Waals surface area (Å²) in [7, 11) is 0. The lowest BCUT2D eigenvalue weighted by Gasteiger charge is -2.34. The third-order valence-corrected chi connectivity index (χ3v) is 4.63. The maximum absolute atomic E-state index is 12.9. The molecule has 0 radical (unpaired) electrons. The van der Waals surface area contributed by atoms with Crippen molar-refractivity contribution >= 4 is 17.8 Å². The van der Waals surface area contributed by atoms with Crippen LogP contribution in [0.1, 0.15) is 35.7 Å². The molecule has 148 valence electrons. The molecule has 1 saturated heterocycles. The van der Waals surface area contributed by atoms with E-state index in [9.17, 15) is 4.79 Å². The van der Waals surface area contributed by atoms with Crippen molar-refractivity contribution in [3.63, 3.8) is 0 Å². The lowest BCUT2D eigenvalue weighted by atomic mass is 10.2. The summed E-state index contributed by atoms with van der Waals surface area (Å²) in [6, 6.07) is 12.3. The molecular weight excluding hydrogens is 350 g/mol. The van der Waals surface area contributed by atoms with Gasteiger partial charge in [-0.2, -0.15) is 0 Å². The van der Waals surface area contributed by atoms with Gasteiger partial charge < -0.3 is 10.2 Å². The van der Waals surface area contributed by atoms with Crippen LogP contribution >= 0.6 is 0 Å². The molecule has 1 aromatic heterocycles. The minimum atomic E-state index is -0.0169. The molecule has 1 amide bonds. The standard InChI is InChI=1S/C22H29N5O/c1-17(2)23-21-16-20(24-18(3)25-21)22(28)27-14-12-26(13-15-27)11-7-10-19-8-5-4-6-9-19/h4-10,16-17H,11-15H2,1-3H3,(H,23,24,25)/b10-7+. The first kappa shape index (κ1) is 20.0. The zero-order valence-electron chi connectivity index (χ0n) is 16.9. The van der Waals surface area contributed by atoms with Gasteiger partial charge in [0.15, 0.2) is 0 Å². The molecule has 6 nitrogen and oxygen atoms in total. The zero-order chi connectivity index (χ0) is 19.9. The van der Waals surface area contributed by atoms with Crippen LogP contribution in [0.4, 0.5) is 5.82 Å². The number of benzene rings is 1. The number of nitrogens with zero attached hydrogens (tertiary/aromatic N) is 4. The summed E-state index contributed by atoms with van der Waals surface area (Å²) in [5.74, 6) is 1.30. The Balaban J connectivity index is 1.54. The first-order valence-corrected chi connectivity index (χ1v) is 9.86. The number of carbonyl (C=O) groups excluding carboxylic acids is 1. The van der Waals surface area contributed by atoms with Crippen LogP contribution in [0.2, 0.25) is 0 Å². The van der Waals surface area contributed by atoms with Crippen LogP contribution in [0.15, 0.2) is 42.5 Å². The normalized spacial score (nSPS) is 15.4. The van der Waals surface area contributed by atoms with Crippen molar-refractivity contribution < 1.29 is 4.79 Å². The zero-order valence-corrected chi connectivity index (χ0v) is 16.9. The van der Waals surface area contributed by atoms with E-state index in [2.05, 4.69) is 44.5 Å². The summed E-state index contributed by atoms with van der Waals surface area (Å²) in [5, 5.41) is 3.25. The Hall–Kier alpha value is -2.73. The second kappa shape index (κ2) is 9.46. The van der Waals surface area contributed by atoms with Gasteiger partial charge in [-0.25, -0.2) is 9.97 Å². The minimum absolute atomic E-state index is 0.0169. The van der Waals surface area contributed by atoms with Crippen molar-refractivity contribution in [3.05, 3.63) is 59.6 Å². The number of hydrogen-bond acceptors (Lipinski definition) is 5. The number of anilines is 1. The molecule has 2 aromatic rings. The van der Waals surface area contributed by atoms with E-state index in [1.54, 1.807) is 6.07 Å². The molecule has 28 heavy (non-hydrogen) atoms. The van der Waals surface area contributed by atoms with Crippen LogP contribution in [-0.2, 0) is 0 Å². The predicted molar refractivity (Wildman–Crippen MR) is 113 cm³/mol. The topological polar surface area (TPSA) is 61.4 Å². The van der Waals surface area contributed by atoms with E-state index in [0.717, 1.165) is 19.6 Å². The number of piperazine rings is 1. The first-order valence-electron chi connectivity index (χ1n) is 9.86. The Kier molecular flexibility index (Phi) is 6.76. The van der Waals surface area contributed by atoms with Crippen LogP contribution in [-0.4, -0.2) is 64.4 Å². The molecule has 1 aliphatic heterocycles. The van der Waals surface area contributed by atoms with Crippen LogP contribution in [0.25, 0.3) is 6.08 Å². The fourth-order valence-corrected chi connectivity index (χ4v) is 3.24. The Morgan fingerprint density at radius 2 is 1.86 bits per heavy atom. The van der Waals surface area contributed by atoms with Crippen molar-refractivity contribution in [2.45, 2.75) is 26.8 Å². The molecule has 0 atom stereocenters. The minimum Gasteiger partial charge on any atom is -0.368 e. The Morgan fingerprint density at radius 3 is 2.54 bits per heavy atom. The second-order valence-electron chi connectivity index (χ2n) is 7.39. The molecular formula is C22H29N5O. The molecule has 0 saturated carbocycles. The SMILES string of the molecule is Cc1nc(NC(C)C)cc(C(=O)N2CCN(C/C=C/c3ccccc3)CC2)n1. The number of amides is 1. The number of aromatic nitrogens is 2. The van der Waals surface area contributed by atoms with Crippen molar-refractivity contribution in [2.75, 3.05) is 38.0 Å². The van der Waals surface area contributed by atoms with E-state index in [1.165, 1.54) is 5.56 Å². The highest BCUT2D eigenvalue weighted by atomic mass is 16.2. The molecule has 1 aromatic carbocycles. The fourth-order valence-electron chi connectivity index (χ4n) is 3.24. The maximum atomic E-state index is 12.9. The van der Waals surface area contributed by atoms with Crippen LogP contribution in [0.5, 0.6) is 0 Å². The highest BCUT2D eigenvalue weighted by Crippen LogP contribution is 2.12. The molecule has 1 N–H and O–H groups in total. The van der Waals surface area contributed by atoms with Gasteiger partial charge in [0, 0.05) is 44.8 Å². The summed E-state index contributed by atoms with van der Waals surface area (Å²) in [4.78, 5) is 25.8. The lowest BCUT2D eigenvalue weighted by Crippen LogP contribution is -2.48. The van der Waals surface area contributed by atoms with Gasteiger partial charge >= 0.3 is 0 Å². The third kappa shape index (κ3) is 5.63. The monoisotopic (exact) mass is 379 g/mol. The van der Waals surface area contributed by atoms with Crippen LogP contribution in [0, 0.1) is 6.92 Å². The number of nitrogens with one attached hydrogen (secondary N) is 1. The molecule has 0 bridgehead atoms. The number of rotatable bonds is 6. The molecule has 0 unspecified atom stereocenters. The Morgan fingerprint density at radius 1 is 1.14 bits per heavy atom. The summed E-state index contributed by atoms with van der Waals surface area (Å²) in [5.41, 5.74) is 1.68. The number of hydrogen-bond donors (Lipinski definition) is 1. The molecule has 1 aliphatic rings. The molecule has 3 rings (SSSR count). The van der Waals surface area contributed by atoms with E-state index in [-0.39, 0.29) is 11.9 Å². The molecule has 6 heteroatoms. The van der Waals surface area contributed by atoms with E-state index >= 15 is 0 Å². The summed E-state index contributed by atoms with van der Waals surface area (Å²) in [6.45, 7) is 9.97. The van der Waals surface area contributed by atoms with E-state index in [1.807, 2.05) is 43.9 Å². The molecule has 2 heterocycles. The predicted octanol–water partition coefficient (Wildman–Crippen LogP) is 3.08. The lowest BCUT2D eigenvalue weighted by molar-refractivity contribution is 0.0644. The highest BCUT2D eigenvalue weighted by molar-refractivity contribution is 5.93. The smallest absolute Gasteiger partial charge is 0.272 e. The first-order chi connectivity index (χ1) is 13.5. The molecule has 0 aliphatic carbocycles. The van der Waals surface area contributed by atoms with Gasteiger partial charge in [0.1, 0.15) is 17.3 Å². The van der Waals surface area contributed by atoms with Gasteiger partial charge in [-0.05, 0) is 26.3 Å². The van der Waals surface area contributed by atoms with Gasteiger partial charge in [0.2, 0.25) is 0 Å². The van der Waals surface area contributed by atoms with Gasteiger partial charge in [0.05, 0.1) is 0 Å². The van der Waals surface area contributed by atoms with Crippen LogP contribution < -0.4 is 5.32 Å². The molecule has 1 fully saturated rings. The fraction of sp³-hybridized carbons (Fsp3) is 0.409.